The van der Waals surface area contributed by atoms with E-state index in [2.05, 4.69) is 0 Å². The van der Waals surface area contributed by atoms with E-state index in [0.717, 1.165) is 6.42 Å². The Morgan fingerprint density at radius 1 is 1.00 bits per heavy atom. The molecule has 0 aromatic heterocycles. The van der Waals surface area contributed by atoms with Crippen LogP contribution in [-0.2, 0) is 19.0 Å². The standard InChI is InChI=1S/C20H28F4O4/c1-4-16(2,3)15(25)28-17-7-12-5-13(8-17)20(14(6-12)9-17)26-10-18(21,22)19(23,24)11-27-20/h12-14H,4-11H2,1-3H3. The molecule has 5 rings (SSSR count). The second kappa shape index (κ2) is 6.06. The van der Waals surface area contributed by atoms with Crippen molar-refractivity contribution >= 4 is 5.97 Å². The highest BCUT2D eigenvalue weighted by Crippen LogP contribution is 2.64. The maximum Gasteiger partial charge on any atom is 0.335 e. The highest BCUT2D eigenvalue weighted by atomic mass is 19.3. The van der Waals surface area contributed by atoms with Gasteiger partial charge in [-0.3, -0.25) is 4.79 Å². The average molecular weight is 408 g/mol. The van der Waals surface area contributed by atoms with Crippen molar-refractivity contribution in [3.05, 3.63) is 0 Å². The van der Waals surface area contributed by atoms with Crippen LogP contribution in [0.25, 0.3) is 0 Å². The summed E-state index contributed by atoms with van der Waals surface area (Å²) < 4.78 is 72.3. The van der Waals surface area contributed by atoms with Crippen molar-refractivity contribution in [3.63, 3.8) is 0 Å². The molecule has 160 valence electrons. The average Bonchev–Trinajstić information content (AvgIpc) is 2.68. The Hall–Kier alpha value is -0.890. The van der Waals surface area contributed by atoms with E-state index >= 15 is 0 Å². The molecule has 4 aliphatic carbocycles. The highest BCUT2D eigenvalue weighted by molar-refractivity contribution is 5.76. The Morgan fingerprint density at radius 2 is 1.50 bits per heavy atom. The zero-order valence-electron chi connectivity index (χ0n) is 16.5. The molecule has 4 nitrogen and oxygen atoms in total. The fourth-order valence-electron chi connectivity index (χ4n) is 5.59. The van der Waals surface area contributed by atoms with Crippen LogP contribution >= 0.6 is 0 Å². The second-order valence-corrected chi connectivity index (χ2v) is 9.86. The molecule has 1 spiro atoms. The third-order valence-corrected chi connectivity index (χ3v) is 7.51. The maximum absolute atomic E-state index is 13.8. The Bertz CT molecular complexity index is 627. The lowest BCUT2D eigenvalue weighted by Crippen LogP contribution is -2.66. The molecule has 1 aliphatic heterocycles. The number of alkyl halides is 4. The molecule has 8 heteroatoms. The Labute approximate surface area is 162 Å². The molecule has 0 amide bonds. The number of carbonyl (C=O) groups excluding carboxylic acids is 1. The number of carbonyl (C=O) groups is 1. The van der Waals surface area contributed by atoms with Crippen LogP contribution in [0.3, 0.4) is 0 Å². The summed E-state index contributed by atoms with van der Waals surface area (Å²) in [4.78, 5) is 12.7. The third-order valence-electron chi connectivity index (χ3n) is 7.51. The Balaban J connectivity index is 1.58. The number of halogens is 4. The highest BCUT2D eigenvalue weighted by Gasteiger charge is 2.69. The summed E-state index contributed by atoms with van der Waals surface area (Å²) in [6, 6.07) is 0. The second-order valence-electron chi connectivity index (χ2n) is 9.86. The molecule has 28 heavy (non-hydrogen) atoms. The topological polar surface area (TPSA) is 44.8 Å². The fourth-order valence-corrected chi connectivity index (χ4v) is 5.59. The van der Waals surface area contributed by atoms with E-state index in [1.54, 1.807) is 0 Å². The van der Waals surface area contributed by atoms with Crippen LogP contribution in [0.15, 0.2) is 0 Å². The molecule has 5 aliphatic rings. The molecule has 0 aromatic carbocycles. The summed E-state index contributed by atoms with van der Waals surface area (Å²) >= 11 is 0. The predicted molar refractivity (Wildman–Crippen MR) is 91.0 cm³/mol. The summed E-state index contributed by atoms with van der Waals surface area (Å²) in [5.41, 5.74) is -1.28. The lowest BCUT2D eigenvalue weighted by Gasteiger charge is -2.63. The van der Waals surface area contributed by atoms with Crippen molar-refractivity contribution < 1.29 is 36.6 Å². The van der Waals surface area contributed by atoms with Gasteiger partial charge in [0.25, 0.3) is 0 Å². The number of ether oxygens (including phenoxy) is 3. The molecule has 0 radical (unpaired) electrons. The van der Waals surface area contributed by atoms with Gasteiger partial charge >= 0.3 is 17.8 Å². The zero-order valence-corrected chi connectivity index (χ0v) is 16.5. The molecular formula is C20H28F4O4. The van der Waals surface area contributed by atoms with Gasteiger partial charge in [0.15, 0.2) is 5.79 Å². The Kier molecular flexibility index (Phi) is 4.41. The summed E-state index contributed by atoms with van der Waals surface area (Å²) in [6.07, 6.45) is 3.49. The van der Waals surface area contributed by atoms with E-state index in [4.69, 9.17) is 14.2 Å². The fraction of sp³-hybridized carbons (Fsp3) is 0.950. The SMILES string of the molecule is CCC(C)(C)C(=O)OC12CC3CC(C1)C1(OCC(F)(F)C(F)(F)CO1)C(C3)C2. The Morgan fingerprint density at radius 3 is 1.96 bits per heavy atom. The maximum atomic E-state index is 13.8. The molecule has 0 N–H and O–H groups in total. The first kappa shape index (κ1) is 20.4. The molecule has 4 saturated carbocycles. The van der Waals surface area contributed by atoms with Gasteiger partial charge in [-0.05, 0) is 58.3 Å². The van der Waals surface area contributed by atoms with Gasteiger partial charge in [0.05, 0.1) is 5.41 Å². The van der Waals surface area contributed by atoms with Crippen molar-refractivity contribution in [2.45, 2.75) is 82.5 Å². The lowest BCUT2D eigenvalue weighted by atomic mass is 9.51. The molecule has 2 atom stereocenters. The summed E-state index contributed by atoms with van der Waals surface area (Å²) in [5, 5.41) is 0. The smallest absolute Gasteiger partial charge is 0.335 e. The largest absolute Gasteiger partial charge is 0.459 e. The number of rotatable bonds is 3. The molecule has 1 heterocycles. The van der Waals surface area contributed by atoms with Crippen molar-refractivity contribution in [2.75, 3.05) is 13.2 Å². The normalized spacial score (nSPS) is 40.3. The van der Waals surface area contributed by atoms with Gasteiger partial charge in [0.2, 0.25) is 0 Å². The number of hydrogen-bond acceptors (Lipinski definition) is 4. The summed E-state index contributed by atoms with van der Waals surface area (Å²) in [6.45, 7) is 2.88. The van der Waals surface area contributed by atoms with Crippen molar-refractivity contribution in [3.8, 4) is 0 Å². The van der Waals surface area contributed by atoms with Gasteiger partial charge in [-0.25, -0.2) is 0 Å². The molecule has 1 saturated heterocycles. The van der Waals surface area contributed by atoms with Gasteiger partial charge in [-0.2, -0.15) is 17.6 Å². The van der Waals surface area contributed by atoms with Crippen LogP contribution in [0.5, 0.6) is 0 Å². The van der Waals surface area contributed by atoms with E-state index < -0.39 is 41.9 Å². The first-order valence-electron chi connectivity index (χ1n) is 10.1. The van der Waals surface area contributed by atoms with E-state index in [1.165, 1.54) is 0 Å². The van der Waals surface area contributed by atoms with Gasteiger partial charge in [0, 0.05) is 11.8 Å². The monoisotopic (exact) mass is 408 g/mol. The van der Waals surface area contributed by atoms with Gasteiger partial charge in [-0.1, -0.05) is 6.92 Å². The van der Waals surface area contributed by atoms with E-state index in [-0.39, 0.29) is 23.7 Å². The van der Waals surface area contributed by atoms with Crippen molar-refractivity contribution in [1.82, 2.24) is 0 Å². The minimum Gasteiger partial charge on any atom is -0.459 e. The molecule has 0 aromatic rings. The van der Waals surface area contributed by atoms with E-state index in [0.29, 0.717) is 32.1 Å². The molecular weight excluding hydrogens is 380 g/mol. The summed E-state index contributed by atoms with van der Waals surface area (Å²) in [5.74, 6) is -10.6. The zero-order chi connectivity index (χ0) is 20.6. The first-order valence-corrected chi connectivity index (χ1v) is 10.1. The van der Waals surface area contributed by atoms with Crippen LogP contribution in [0.4, 0.5) is 17.6 Å². The minimum atomic E-state index is -4.26. The molecule has 4 bridgehead atoms. The van der Waals surface area contributed by atoms with Crippen molar-refractivity contribution in [2.24, 2.45) is 23.2 Å². The van der Waals surface area contributed by atoms with Crippen molar-refractivity contribution in [1.29, 1.82) is 0 Å². The van der Waals surface area contributed by atoms with Gasteiger partial charge < -0.3 is 14.2 Å². The van der Waals surface area contributed by atoms with E-state index in [9.17, 15) is 22.4 Å². The van der Waals surface area contributed by atoms with Crippen LogP contribution in [0.1, 0.15) is 59.3 Å². The minimum absolute atomic E-state index is 0.261. The van der Waals surface area contributed by atoms with Crippen LogP contribution in [0, 0.1) is 23.2 Å². The van der Waals surface area contributed by atoms with Crippen LogP contribution < -0.4 is 0 Å². The van der Waals surface area contributed by atoms with Crippen LogP contribution in [-0.4, -0.2) is 42.4 Å². The van der Waals surface area contributed by atoms with Crippen LogP contribution in [0.2, 0.25) is 0 Å². The van der Waals surface area contributed by atoms with Gasteiger partial charge in [-0.15, -0.1) is 0 Å². The lowest BCUT2D eigenvalue weighted by molar-refractivity contribution is -0.355. The molecule has 2 unspecified atom stereocenters. The number of esters is 1. The van der Waals surface area contributed by atoms with E-state index in [1.807, 2.05) is 20.8 Å². The third kappa shape index (κ3) is 2.89. The summed E-state index contributed by atoms with van der Waals surface area (Å²) in [7, 11) is 0. The predicted octanol–water partition coefficient (Wildman–Crippen LogP) is 4.56. The van der Waals surface area contributed by atoms with Gasteiger partial charge in [0.1, 0.15) is 18.8 Å². The quantitative estimate of drug-likeness (QED) is 0.507. The number of hydrogen-bond donors (Lipinski definition) is 0. The first-order chi connectivity index (χ1) is 12.8. The molecule has 5 fully saturated rings.